The first-order valence-corrected chi connectivity index (χ1v) is 4.69. The molecular formula is C11H15FN2. The van der Waals surface area contributed by atoms with E-state index in [0.29, 0.717) is 17.9 Å². The van der Waals surface area contributed by atoms with Crippen molar-refractivity contribution >= 4 is 5.84 Å². The van der Waals surface area contributed by atoms with E-state index in [4.69, 9.17) is 5.73 Å². The molecule has 1 aromatic carbocycles. The fourth-order valence-electron chi connectivity index (χ4n) is 1.21. The van der Waals surface area contributed by atoms with E-state index in [0.717, 1.165) is 5.56 Å². The van der Waals surface area contributed by atoms with E-state index in [1.807, 2.05) is 13.0 Å². The minimum atomic E-state index is -0.968. The summed E-state index contributed by atoms with van der Waals surface area (Å²) in [6, 6.07) is 7.10. The highest BCUT2D eigenvalue weighted by Gasteiger charge is 2.04. The van der Waals surface area contributed by atoms with Gasteiger partial charge in [-0.05, 0) is 25.5 Å². The van der Waals surface area contributed by atoms with Crippen molar-refractivity contribution in [2.45, 2.75) is 20.0 Å². The summed E-state index contributed by atoms with van der Waals surface area (Å²) in [7, 11) is 0. The minimum Gasteiger partial charge on any atom is -0.384 e. The largest absolute Gasteiger partial charge is 0.384 e. The Hall–Kier alpha value is -1.38. The van der Waals surface area contributed by atoms with Gasteiger partial charge in [0.05, 0.1) is 0 Å². The summed E-state index contributed by atoms with van der Waals surface area (Å²) in [5, 5.41) is 0. The van der Waals surface area contributed by atoms with Gasteiger partial charge in [0.2, 0.25) is 0 Å². The number of aliphatic imine (C=N–C) groups is 1. The van der Waals surface area contributed by atoms with Crippen molar-refractivity contribution in [1.82, 2.24) is 0 Å². The maximum Gasteiger partial charge on any atom is 0.125 e. The molecule has 0 aromatic heterocycles. The molecule has 1 aromatic rings. The van der Waals surface area contributed by atoms with Crippen molar-refractivity contribution in [2.24, 2.45) is 10.7 Å². The van der Waals surface area contributed by atoms with Crippen molar-refractivity contribution in [2.75, 3.05) is 6.54 Å². The monoisotopic (exact) mass is 194 g/mol. The fraction of sp³-hybridized carbons (Fsp3) is 0.364. The van der Waals surface area contributed by atoms with Crippen LogP contribution in [0.1, 0.15) is 31.1 Å². The Morgan fingerprint density at radius 3 is 2.86 bits per heavy atom. The SMILES string of the molecule is CCN=C(N)c1cccc(C(C)F)c1. The average molecular weight is 194 g/mol. The van der Waals surface area contributed by atoms with Crippen molar-refractivity contribution in [3.63, 3.8) is 0 Å². The number of rotatable bonds is 3. The van der Waals surface area contributed by atoms with Gasteiger partial charge in [0.25, 0.3) is 0 Å². The Bertz CT molecular complexity index is 332. The Kier molecular flexibility index (Phi) is 3.63. The molecule has 0 fully saturated rings. The van der Waals surface area contributed by atoms with Crippen LogP contribution in [0.15, 0.2) is 29.3 Å². The fourth-order valence-corrected chi connectivity index (χ4v) is 1.21. The van der Waals surface area contributed by atoms with Gasteiger partial charge in [-0.1, -0.05) is 18.2 Å². The number of nitrogens with zero attached hydrogens (tertiary/aromatic N) is 1. The zero-order valence-corrected chi connectivity index (χ0v) is 8.50. The third-order valence-electron chi connectivity index (χ3n) is 1.97. The predicted octanol–water partition coefficient (Wildman–Crippen LogP) is 2.44. The molecule has 0 aliphatic heterocycles. The highest BCUT2D eigenvalue weighted by Crippen LogP contribution is 2.17. The second-order valence-electron chi connectivity index (χ2n) is 3.10. The summed E-state index contributed by atoms with van der Waals surface area (Å²) in [5.41, 5.74) is 7.12. The van der Waals surface area contributed by atoms with Crippen LogP contribution in [0.5, 0.6) is 0 Å². The molecule has 0 saturated heterocycles. The summed E-state index contributed by atoms with van der Waals surface area (Å²) >= 11 is 0. The molecule has 1 rings (SSSR count). The van der Waals surface area contributed by atoms with Crippen LogP contribution < -0.4 is 5.73 Å². The summed E-state index contributed by atoms with van der Waals surface area (Å²) in [4.78, 5) is 4.07. The van der Waals surface area contributed by atoms with Crippen LogP contribution >= 0.6 is 0 Å². The molecule has 1 unspecified atom stereocenters. The number of benzene rings is 1. The molecule has 1 atom stereocenters. The molecule has 0 radical (unpaired) electrons. The topological polar surface area (TPSA) is 38.4 Å². The zero-order chi connectivity index (χ0) is 10.6. The lowest BCUT2D eigenvalue weighted by Crippen LogP contribution is -2.13. The number of alkyl halides is 1. The normalized spacial score (nSPS) is 14.1. The molecule has 0 aliphatic rings. The molecular weight excluding hydrogens is 179 g/mol. The lowest BCUT2D eigenvalue weighted by atomic mass is 10.1. The summed E-state index contributed by atoms with van der Waals surface area (Å²) in [5.74, 6) is 0.468. The van der Waals surface area contributed by atoms with Crippen LogP contribution in [0.2, 0.25) is 0 Å². The summed E-state index contributed by atoms with van der Waals surface area (Å²) in [6.45, 7) is 4.06. The van der Waals surface area contributed by atoms with Crippen LogP contribution in [0.3, 0.4) is 0 Å². The van der Waals surface area contributed by atoms with E-state index in [9.17, 15) is 4.39 Å². The highest BCUT2D eigenvalue weighted by molar-refractivity contribution is 5.97. The first-order valence-electron chi connectivity index (χ1n) is 4.69. The quantitative estimate of drug-likeness (QED) is 0.582. The molecule has 0 saturated carbocycles. The number of nitrogens with two attached hydrogens (primary N) is 1. The van der Waals surface area contributed by atoms with Gasteiger partial charge in [-0.25, -0.2) is 4.39 Å². The summed E-state index contributed by atoms with van der Waals surface area (Å²) in [6.07, 6.45) is -0.968. The molecule has 2 N–H and O–H groups in total. The van der Waals surface area contributed by atoms with Crippen LogP contribution in [-0.4, -0.2) is 12.4 Å². The van der Waals surface area contributed by atoms with Crippen LogP contribution in [0, 0.1) is 0 Å². The second-order valence-corrected chi connectivity index (χ2v) is 3.10. The van der Waals surface area contributed by atoms with Gasteiger partial charge in [-0.2, -0.15) is 0 Å². The molecule has 0 aliphatic carbocycles. The van der Waals surface area contributed by atoms with Gasteiger partial charge in [-0.3, -0.25) is 4.99 Å². The number of halogens is 1. The third kappa shape index (κ3) is 2.55. The first kappa shape index (κ1) is 10.7. The number of amidine groups is 1. The molecule has 0 amide bonds. The standard InChI is InChI=1S/C11H15FN2/c1-3-14-11(13)10-6-4-5-9(7-10)8(2)12/h4-8H,3H2,1-2H3,(H2,13,14). The molecule has 3 heteroatoms. The molecule has 0 spiro atoms. The lowest BCUT2D eigenvalue weighted by Gasteiger charge is -2.05. The smallest absolute Gasteiger partial charge is 0.125 e. The minimum absolute atomic E-state index is 0.468. The summed E-state index contributed by atoms with van der Waals surface area (Å²) < 4.78 is 13.0. The van der Waals surface area contributed by atoms with Crippen LogP contribution in [0.4, 0.5) is 4.39 Å². The van der Waals surface area contributed by atoms with Crippen molar-refractivity contribution in [1.29, 1.82) is 0 Å². The lowest BCUT2D eigenvalue weighted by molar-refractivity contribution is 0.374. The van der Waals surface area contributed by atoms with Crippen molar-refractivity contribution in [3.8, 4) is 0 Å². The van der Waals surface area contributed by atoms with E-state index >= 15 is 0 Å². The number of hydrogen-bond acceptors (Lipinski definition) is 1. The zero-order valence-electron chi connectivity index (χ0n) is 8.50. The molecule has 2 nitrogen and oxygen atoms in total. The van der Waals surface area contributed by atoms with E-state index in [1.165, 1.54) is 6.92 Å². The molecule has 76 valence electrons. The van der Waals surface area contributed by atoms with E-state index in [2.05, 4.69) is 4.99 Å². The van der Waals surface area contributed by atoms with Crippen molar-refractivity contribution < 1.29 is 4.39 Å². The van der Waals surface area contributed by atoms with Gasteiger partial charge >= 0.3 is 0 Å². The van der Waals surface area contributed by atoms with Gasteiger partial charge in [0.15, 0.2) is 0 Å². The second kappa shape index (κ2) is 4.74. The first-order chi connectivity index (χ1) is 6.65. The number of hydrogen-bond donors (Lipinski definition) is 1. The Balaban J connectivity index is 2.99. The van der Waals surface area contributed by atoms with Crippen LogP contribution in [0.25, 0.3) is 0 Å². The van der Waals surface area contributed by atoms with Crippen molar-refractivity contribution in [3.05, 3.63) is 35.4 Å². The third-order valence-corrected chi connectivity index (χ3v) is 1.97. The Morgan fingerprint density at radius 2 is 2.29 bits per heavy atom. The molecule has 14 heavy (non-hydrogen) atoms. The van der Waals surface area contributed by atoms with E-state index < -0.39 is 6.17 Å². The predicted molar refractivity (Wildman–Crippen MR) is 57.2 cm³/mol. The molecule has 0 bridgehead atoms. The van der Waals surface area contributed by atoms with Gasteiger partial charge in [0, 0.05) is 12.1 Å². The van der Waals surface area contributed by atoms with Gasteiger partial charge in [0.1, 0.15) is 12.0 Å². The Labute approximate surface area is 83.7 Å². The highest BCUT2D eigenvalue weighted by atomic mass is 19.1. The Morgan fingerprint density at radius 1 is 1.57 bits per heavy atom. The van der Waals surface area contributed by atoms with E-state index in [-0.39, 0.29) is 0 Å². The maximum absolute atomic E-state index is 13.0. The van der Waals surface area contributed by atoms with Gasteiger partial charge in [-0.15, -0.1) is 0 Å². The van der Waals surface area contributed by atoms with E-state index in [1.54, 1.807) is 18.2 Å². The maximum atomic E-state index is 13.0. The van der Waals surface area contributed by atoms with Gasteiger partial charge < -0.3 is 5.73 Å². The van der Waals surface area contributed by atoms with Crippen LogP contribution in [-0.2, 0) is 0 Å². The average Bonchev–Trinajstić information content (AvgIpc) is 2.18. The molecule has 0 heterocycles.